The van der Waals surface area contributed by atoms with Crippen molar-refractivity contribution >= 4 is 23.5 Å². The Hall–Kier alpha value is -2.43. The van der Waals surface area contributed by atoms with E-state index in [-0.39, 0.29) is 52.2 Å². The standard InChI is InChI=1S/C30H37NO4/c1-17(2)20-16-30-14-11-21-28(3,12-8-13-29(21,4)27(34)35)22(30)15-19(20)23-24(30)26(33)31(25(23)32)18-9-6-5-7-10-18/h5-7,9-10,16-17,19,21-24H,8,11-15H2,1-4H3,(H,34,35)/t19-,21+,22-,23-,24-,28-,29+,30-/m0/s1. The van der Waals surface area contributed by atoms with Gasteiger partial charge < -0.3 is 5.11 Å². The Morgan fingerprint density at radius 1 is 1.03 bits per heavy atom. The topological polar surface area (TPSA) is 74.7 Å². The molecule has 1 N–H and O–H groups in total. The summed E-state index contributed by atoms with van der Waals surface area (Å²) in [5, 5.41) is 10.3. The van der Waals surface area contributed by atoms with Gasteiger partial charge in [0.2, 0.25) is 11.8 Å². The molecule has 0 unspecified atom stereocenters. The molecule has 35 heavy (non-hydrogen) atoms. The molecule has 5 aliphatic carbocycles. The highest BCUT2D eigenvalue weighted by Crippen LogP contribution is 2.74. The number of carboxylic acids is 1. The van der Waals surface area contributed by atoms with Gasteiger partial charge in [-0.3, -0.25) is 19.3 Å². The summed E-state index contributed by atoms with van der Waals surface area (Å²) in [6.07, 6.45) is 7.58. The van der Waals surface area contributed by atoms with Crippen LogP contribution >= 0.6 is 0 Å². The Morgan fingerprint density at radius 3 is 2.40 bits per heavy atom. The van der Waals surface area contributed by atoms with Crippen molar-refractivity contribution in [3.05, 3.63) is 42.0 Å². The number of allylic oxidation sites excluding steroid dienone is 2. The van der Waals surface area contributed by atoms with Crippen molar-refractivity contribution in [3.63, 3.8) is 0 Å². The summed E-state index contributed by atoms with van der Waals surface area (Å²) >= 11 is 0. The van der Waals surface area contributed by atoms with E-state index in [1.807, 2.05) is 37.3 Å². The number of amides is 2. The molecule has 1 spiro atoms. The maximum Gasteiger partial charge on any atom is 0.309 e. The molecular weight excluding hydrogens is 438 g/mol. The Balaban J connectivity index is 1.50. The number of carboxylic acid groups (broad SMARTS) is 1. The van der Waals surface area contributed by atoms with E-state index in [9.17, 15) is 19.5 Å². The molecule has 1 heterocycles. The van der Waals surface area contributed by atoms with Gasteiger partial charge in [0, 0.05) is 5.41 Å². The first-order chi connectivity index (χ1) is 16.6. The van der Waals surface area contributed by atoms with Gasteiger partial charge in [0.1, 0.15) is 0 Å². The number of rotatable bonds is 3. The first-order valence-corrected chi connectivity index (χ1v) is 13.4. The number of hydrogen-bond acceptors (Lipinski definition) is 3. The van der Waals surface area contributed by atoms with Crippen LogP contribution in [0.3, 0.4) is 0 Å². The van der Waals surface area contributed by atoms with Crippen LogP contribution in [0.2, 0.25) is 0 Å². The monoisotopic (exact) mass is 475 g/mol. The minimum Gasteiger partial charge on any atom is -0.481 e. The molecule has 1 aromatic rings. The SMILES string of the molecule is CC(C)C1=C[C@@]23CC[C@@H]4[C@](C)(CCC[C@@]4(C)C(=O)O)[C@@H]2C[C@@H]1[C@@H]1C(=O)N(c2ccccc2)C(=O)[C@H]13. The Bertz CT molecular complexity index is 1140. The molecule has 0 aromatic heterocycles. The van der Waals surface area contributed by atoms with E-state index < -0.39 is 11.4 Å². The predicted octanol–water partition coefficient (Wildman–Crippen LogP) is 5.70. The fourth-order valence-corrected chi connectivity index (χ4v) is 9.79. The van der Waals surface area contributed by atoms with Crippen LogP contribution in [0.1, 0.15) is 66.2 Å². The van der Waals surface area contributed by atoms with Crippen LogP contribution in [0, 0.1) is 51.8 Å². The fraction of sp³-hybridized carbons (Fsp3) is 0.633. The highest BCUT2D eigenvalue weighted by Gasteiger charge is 2.73. The summed E-state index contributed by atoms with van der Waals surface area (Å²) in [5.74, 6) is -0.668. The van der Waals surface area contributed by atoms with E-state index in [0.717, 1.165) is 38.5 Å². The number of imide groups is 1. The van der Waals surface area contributed by atoms with Crippen LogP contribution < -0.4 is 4.90 Å². The zero-order chi connectivity index (χ0) is 24.9. The molecule has 5 heteroatoms. The van der Waals surface area contributed by atoms with Crippen LogP contribution in [0.25, 0.3) is 0 Å². The average molecular weight is 476 g/mol. The number of carbonyl (C=O) groups excluding carboxylic acids is 2. The minimum absolute atomic E-state index is 0.0356. The van der Waals surface area contributed by atoms with Gasteiger partial charge in [0.25, 0.3) is 0 Å². The molecule has 8 atom stereocenters. The zero-order valence-corrected chi connectivity index (χ0v) is 21.3. The summed E-state index contributed by atoms with van der Waals surface area (Å²) in [4.78, 5) is 42.0. The van der Waals surface area contributed by atoms with E-state index in [4.69, 9.17) is 0 Å². The van der Waals surface area contributed by atoms with E-state index >= 15 is 0 Å². The molecule has 186 valence electrons. The number of anilines is 1. The normalized spacial score (nSPS) is 44.1. The molecule has 6 aliphatic rings. The van der Waals surface area contributed by atoms with Gasteiger partial charge in [0.15, 0.2) is 0 Å². The van der Waals surface area contributed by atoms with Crippen molar-refractivity contribution in [1.82, 2.24) is 0 Å². The smallest absolute Gasteiger partial charge is 0.309 e. The third-order valence-corrected chi connectivity index (χ3v) is 11.2. The number of benzene rings is 1. The largest absolute Gasteiger partial charge is 0.481 e. The molecule has 1 saturated heterocycles. The zero-order valence-electron chi connectivity index (χ0n) is 21.3. The summed E-state index contributed by atoms with van der Waals surface area (Å²) in [6.45, 7) is 8.69. The Labute approximate surface area is 208 Å². The second-order valence-electron chi connectivity index (χ2n) is 12.8. The Kier molecular flexibility index (Phi) is 4.80. The van der Waals surface area contributed by atoms with Crippen molar-refractivity contribution in [2.75, 3.05) is 4.90 Å². The molecule has 2 bridgehead atoms. The van der Waals surface area contributed by atoms with E-state index in [2.05, 4.69) is 26.8 Å². The highest BCUT2D eigenvalue weighted by molar-refractivity contribution is 6.22. The lowest BCUT2D eigenvalue weighted by Crippen LogP contribution is -2.65. The van der Waals surface area contributed by atoms with Crippen LogP contribution in [-0.4, -0.2) is 22.9 Å². The molecule has 1 aliphatic heterocycles. The van der Waals surface area contributed by atoms with Crippen LogP contribution in [0.5, 0.6) is 0 Å². The summed E-state index contributed by atoms with van der Waals surface area (Å²) in [7, 11) is 0. The van der Waals surface area contributed by atoms with Gasteiger partial charge in [0.05, 0.1) is 22.9 Å². The van der Waals surface area contributed by atoms with Crippen LogP contribution in [0.4, 0.5) is 5.69 Å². The van der Waals surface area contributed by atoms with E-state index in [1.54, 1.807) is 0 Å². The molecule has 7 rings (SSSR count). The molecule has 5 nitrogen and oxygen atoms in total. The fourth-order valence-electron chi connectivity index (χ4n) is 9.79. The number of hydrogen-bond donors (Lipinski definition) is 1. The van der Waals surface area contributed by atoms with Gasteiger partial charge in [-0.25, -0.2) is 0 Å². The molecule has 4 fully saturated rings. The maximum absolute atomic E-state index is 14.1. The summed E-state index contributed by atoms with van der Waals surface area (Å²) in [5.41, 5.74) is 0.789. The lowest BCUT2D eigenvalue weighted by atomic mass is 9.34. The quantitative estimate of drug-likeness (QED) is 0.449. The van der Waals surface area contributed by atoms with Gasteiger partial charge in [-0.2, -0.15) is 0 Å². The minimum atomic E-state index is -0.721. The molecule has 1 aromatic carbocycles. The van der Waals surface area contributed by atoms with Gasteiger partial charge >= 0.3 is 5.97 Å². The second-order valence-corrected chi connectivity index (χ2v) is 12.8. The van der Waals surface area contributed by atoms with Crippen molar-refractivity contribution in [3.8, 4) is 0 Å². The highest BCUT2D eigenvalue weighted by atomic mass is 16.4. The van der Waals surface area contributed by atoms with Crippen LogP contribution in [-0.2, 0) is 14.4 Å². The van der Waals surface area contributed by atoms with E-state index in [1.165, 1.54) is 10.5 Å². The van der Waals surface area contributed by atoms with Gasteiger partial charge in [-0.15, -0.1) is 0 Å². The number of aliphatic carboxylic acids is 1. The van der Waals surface area contributed by atoms with Crippen LogP contribution in [0.15, 0.2) is 42.0 Å². The first-order valence-electron chi connectivity index (χ1n) is 13.4. The lowest BCUT2D eigenvalue weighted by molar-refractivity contribution is -0.194. The van der Waals surface area contributed by atoms with Gasteiger partial charge in [-0.05, 0) is 80.2 Å². The third-order valence-electron chi connectivity index (χ3n) is 11.2. The number of nitrogens with zero attached hydrogens (tertiary/aromatic N) is 1. The third kappa shape index (κ3) is 2.73. The predicted molar refractivity (Wildman–Crippen MR) is 133 cm³/mol. The van der Waals surface area contributed by atoms with Crippen molar-refractivity contribution < 1.29 is 19.5 Å². The Morgan fingerprint density at radius 2 is 1.74 bits per heavy atom. The van der Waals surface area contributed by atoms with Gasteiger partial charge in [-0.1, -0.05) is 57.0 Å². The van der Waals surface area contributed by atoms with E-state index in [0.29, 0.717) is 11.6 Å². The van der Waals surface area contributed by atoms with Crippen molar-refractivity contribution in [2.45, 2.75) is 66.2 Å². The molecule has 2 amide bonds. The maximum atomic E-state index is 14.1. The second kappa shape index (κ2) is 7.30. The number of para-hydroxylation sites is 1. The lowest BCUT2D eigenvalue weighted by Gasteiger charge is -2.68. The summed E-state index contributed by atoms with van der Waals surface area (Å²) < 4.78 is 0. The van der Waals surface area contributed by atoms with Crippen molar-refractivity contribution in [2.24, 2.45) is 51.8 Å². The number of carbonyl (C=O) groups is 3. The van der Waals surface area contributed by atoms with Crippen molar-refractivity contribution in [1.29, 1.82) is 0 Å². The first kappa shape index (κ1) is 23.0. The molecule has 0 radical (unpaired) electrons. The summed E-state index contributed by atoms with van der Waals surface area (Å²) in [6, 6.07) is 9.39. The molecular formula is C30H37NO4. The molecule has 3 saturated carbocycles. The number of fused-ring (bicyclic) bond motifs is 1. The average Bonchev–Trinajstić information content (AvgIpc) is 3.11.